The van der Waals surface area contributed by atoms with Crippen LogP contribution in [0.2, 0.25) is 5.02 Å². The molecule has 0 aliphatic carbocycles. The zero-order valence-electron chi connectivity index (χ0n) is 11.1. The number of aromatic nitrogens is 1. The minimum atomic E-state index is -0.606. The molecule has 0 bridgehead atoms. The van der Waals surface area contributed by atoms with Gasteiger partial charge in [-0.2, -0.15) is 0 Å². The van der Waals surface area contributed by atoms with Crippen molar-refractivity contribution < 1.29 is 5.11 Å². The summed E-state index contributed by atoms with van der Waals surface area (Å²) in [6, 6.07) is 15.4. The van der Waals surface area contributed by atoms with Crippen molar-refractivity contribution in [2.45, 2.75) is 12.5 Å². The zero-order valence-corrected chi connectivity index (χ0v) is 13.5. The summed E-state index contributed by atoms with van der Waals surface area (Å²) in [6.07, 6.45) is 1.69. The first kappa shape index (κ1) is 14.5. The van der Waals surface area contributed by atoms with Crippen molar-refractivity contribution in [3.63, 3.8) is 0 Å². The number of fused-ring (bicyclic) bond motifs is 1. The molecule has 1 N–H and O–H groups in total. The van der Waals surface area contributed by atoms with Crippen LogP contribution in [0.5, 0.6) is 0 Å². The molecule has 0 spiro atoms. The fraction of sp³-hybridized carbons (Fsp3) is 0.118. The van der Waals surface area contributed by atoms with Crippen LogP contribution in [0.3, 0.4) is 0 Å². The van der Waals surface area contributed by atoms with E-state index in [1.54, 1.807) is 18.3 Å². The Balaban J connectivity index is 1.94. The first-order chi connectivity index (χ1) is 10.1. The summed E-state index contributed by atoms with van der Waals surface area (Å²) in [5, 5.41) is 12.2. The molecule has 21 heavy (non-hydrogen) atoms. The maximum atomic E-state index is 10.5. The van der Waals surface area contributed by atoms with E-state index >= 15 is 0 Å². The molecule has 1 heterocycles. The summed E-state index contributed by atoms with van der Waals surface area (Å²) in [4.78, 5) is 4.34. The van der Waals surface area contributed by atoms with Gasteiger partial charge in [0, 0.05) is 27.5 Å². The van der Waals surface area contributed by atoms with Crippen LogP contribution in [-0.4, -0.2) is 10.1 Å². The molecular formula is C17H13BrClNO. The largest absolute Gasteiger partial charge is 0.388 e. The lowest BCUT2D eigenvalue weighted by atomic mass is 9.99. The third-order valence-electron chi connectivity index (χ3n) is 3.42. The minimum absolute atomic E-state index is 0.524. The van der Waals surface area contributed by atoms with E-state index < -0.39 is 6.10 Å². The molecule has 1 atom stereocenters. The molecule has 3 rings (SSSR count). The van der Waals surface area contributed by atoms with Gasteiger partial charge >= 0.3 is 0 Å². The molecule has 0 fully saturated rings. The SMILES string of the molecule is OC(Cc1ccnc2ccccc12)c1cc(Cl)cc(Br)c1. The molecule has 1 unspecified atom stereocenters. The number of hydrogen-bond donors (Lipinski definition) is 1. The maximum Gasteiger partial charge on any atom is 0.0831 e. The van der Waals surface area contributed by atoms with Gasteiger partial charge in [-0.1, -0.05) is 45.7 Å². The van der Waals surface area contributed by atoms with Gasteiger partial charge in [0.2, 0.25) is 0 Å². The average Bonchev–Trinajstić information content (AvgIpc) is 2.46. The molecule has 0 saturated heterocycles. The Labute approximate surface area is 136 Å². The molecule has 3 aromatic rings. The van der Waals surface area contributed by atoms with Crippen molar-refractivity contribution in [3.05, 3.63) is 75.4 Å². The summed E-state index contributed by atoms with van der Waals surface area (Å²) in [7, 11) is 0. The summed E-state index contributed by atoms with van der Waals surface area (Å²) >= 11 is 9.44. The van der Waals surface area contributed by atoms with Crippen LogP contribution < -0.4 is 0 Å². The van der Waals surface area contributed by atoms with Crippen LogP contribution in [0.15, 0.2) is 59.2 Å². The highest BCUT2D eigenvalue weighted by Gasteiger charge is 2.12. The minimum Gasteiger partial charge on any atom is -0.388 e. The molecule has 1 aromatic heterocycles. The number of aliphatic hydroxyl groups is 1. The first-order valence-electron chi connectivity index (χ1n) is 6.60. The van der Waals surface area contributed by atoms with Gasteiger partial charge in [-0.3, -0.25) is 4.98 Å². The number of halogens is 2. The standard InChI is InChI=1S/C17H13BrClNO/c18-13-7-12(8-14(19)10-13)17(21)9-11-5-6-20-16-4-2-1-3-15(11)16/h1-8,10,17,21H,9H2. The molecule has 4 heteroatoms. The molecule has 0 aliphatic rings. The van der Waals surface area contributed by atoms with E-state index in [2.05, 4.69) is 20.9 Å². The lowest BCUT2D eigenvalue weighted by Gasteiger charge is -2.13. The number of rotatable bonds is 3. The van der Waals surface area contributed by atoms with E-state index in [1.165, 1.54) is 0 Å². The van der Waals surface area contributed by atoms with Gasteiger partial charge in [0.25, 0.3) is 0 Å². The van der Waals surface area contributed by atoms with Crippen LogP contribution in [0.25, 0.3) is 10.9 Å². The van der Waals surface area contributed by atoms with Crippen molar-refractivity contribution in [2.75, 3.05) is 0 Å². The topological polar surface area (TPSA) is 33.1 Å². The number of hydrogen-bond acceptors (Lipinski definition) is 2. The Hall–Kier alpha value is -1.42. The van der Waals surface area contributed by atoms with Gasteiger partial charge in [-0.15, -0.1) is 0 Å². The molecule has 0 radical (unpaired) electrons. The van der Waals surface area contributed by atoms with Gasteiger partial charge in [-0.25, -0.2) is 0 Å². The van der Waals surface area contributed by atoms with Crippen LogP contribution in [0.4, 0.5) is 0 Å². The average molecular weight is 363 g/mol. The first-order valence-corrected chi connectivity index (χ1v) is 7.77. The van der Waals surface area contributed by atoms with Gasteiger partial charge in [0.1, 0.15) is 0 Å². The smallest absolute Gasteiger partial charge is 0.0831 e. The van der Waals surface area contributed by atoms with E-state index in [9.17, 15) is 5.11 Å². The second kappa shape index (κ2) is 6.14. The van der Waals surface area contributed by atoms with E-state index in [-0.39, 0.29) is 0 Å². The van der Waals surface area contributed by atoms with Crippen LogP contribution in [0.1, 0.15) is 17.2 Å². The highest BCUT2D eigenvalue weighted by atomic mass is 79.9. The summed E-state index contributed by atoms with van der Waals surface area (Å²) in [5.74, 6) is 0. The van der Waals surface area contributed by atoms with Gasteiger partial charge < -0.3 is 5.11 Å². The lowest BCUT2D eigenvalue weighted by Crippen LogP contribution is -2.03. The highest BCUT2D eigenvalue weighted by molar-refractivity contribution is 9.10. The Morgan fingerprint density at radius 1 is 1.14 bits per heavy atom. The van der Waals surface area contributed by atoms with Crippen molar-refractivity contribution in [1.29, 1.82) is 0 Å². The van der Waals surface area contributed by atoms with Crippen LogP contribution in [-0.2, 0) is 6.42 Å². The molecule has 2 aromatic carbocycles. The lowest BCUT2D eigenvalue weighted by molar-refractivity contribution is 0.179. The Morgan fingerprint density at radius 3 is 2.76 bits per heavy atom. The molecular weight excluding hydrogens is 350 g/mol. The number of benzene rings is 2. The second-order valence-corrected chi connectivity index (χ2v) is 6.26. The third-order valence-corrected chi connectivity index (χ3v) is 4.10. The van der Waals surface area contributed by atoms with Crippen molar-refractivity contribution in [2.24, 2.45) is 0 Å². The zero-order chi connectivity index (χ0) is 14.8. The van der Waals surface area contributed by atoms with Crippen molar-refractivity contribution >= 4 is 38.4 Å². The van der Waals surface area contributed by atoms with E-state index in [0.29, 0.717) is 11.4 Å². The Bertz CT molecular complexity index is 765. The van der Waals surface area contributed by atoms with Crippen molar-refractivity contribution in [1.82, 2.24) is 4.98 Å². The number of para-hydroxylation sites is 1. The predicted octanol–water partition coefficient (Wildman–Crippen LogP) is 4.93. The van der Waals surface area contributed by atoms with Gasteiger partial charge in [0.05, 0.1) is 11.6 Å². The number of aliphatic hydroxyl groups excluding tert-OH is 1. The highest BCUT2D eigenvalue weighted by Crippen LogP contribution is 2.27. The predicted molar refractivity (Wildman–Crippen MR) is 89.6 cm³/mol. The molecule has 0 aliphatic heterocycles. The quantitative estimate of drug-likeness (QED) is 0.717. The van der Waals surface area contributed by atoms with Crippen LogP contribution in [0, 0.1) is 0 Å². The second-order valence-electron chi connectivity index (χ2n) is 4.91. The van der Waals surface area contributed by atoms with Gasteiger partial charge in [-0.05, 0) is 41.5 Å². The maximum absolute atomic E-state index is 10.5. The summed E-state index contributed by atoms with van der Waals surface area (Å²) < 4.78 is 0.864. The monoisotopic (exact) mass is 361 g/mol. The Kier molecular flexibility index (Phi) is 4.24. The summed E-state index contributed by atoms with van der Waals surface area (Å²) in [5.41, 5.74) is 2.81. The van der Waals surface area contributed by atoms with Crippen LogP contribution >= 0.6 is 27.5 Å². The fourth-order valence-electron chi connectivity index (χ4n) is 2.43. The molecule has 0 amide bonds. The number of nitrogens with zero attached hydrogens (tertiary/aromatic N) is 1. The molecule has 2 nitrogen and oxygen atoms in total. The molecule has 0 saturated carbocycles. The number of pyridine rings is 1. The van der Waals surface area contributed by atoms with E-state index in [4.69, 9.17) is 11.6 Å². The third kappa shape index (κ3) is 3.26. The van der Waals surface area contributed by atoms with E-state index in [1.807, 2.05) is 36.4 Å². The normalized spacial score (nSPS) is 12.5. The molecule has 106 valence electrons. The Morgan fingerprint density at radius 2 is 1.95 bits per heavy atom. The van der Waals surface area contributed by atoms with Crippen molar-refractivity contribution in [3.8, 4) is 0 Å². The summed E-state index contributed by atoms with van der Waals surface area (Å²) in [6.45, 7) is 0. The fourth-order valence-corrected chi connectivity index (χ4v) is 3.31. The van der Waals surface area contributed by atoms with Gasteiger partial charge in [0.15, 0.2) is 0 Å². The van der Waals surface area contributed by atoms with E-state index in [0.717, 1.165) is 26.5 Å².